The van der Waals surface area contributed by atoms with Gasteiger partial charge in [-0.2, -0.15) is 4.80 Å². The first-order chi connectivity index (χ1) is 15.0. The molecule has 3 aromatic rings. The molecule has 6 rings (SSSR count). The molecule has 8 nitrogen and oxygen atoms in total. The van der Waals surface area contributed by atoms with Gasteiger partial charge in [0.05, 0.1) is 26.0 Å². The quantitative estimate of drug-likeness (QED) is 0.634. The van der Waals surface area contributed by atoms with Gasteiger partial charge < -0.3 is 9.47 Å². The van der Waals surface area contributed by atoms with Gasteiger partial charge in [-0.1, -0.05) is 49.3 Å². The number of benzene rings is 1. The van der Waals surface area contributed by atoms with Crippen molar-refractivity contribution in [1.29, 1.82) is 0 Å². The first-order valence-corrected chi connectivity index (χ1v) is 11.2. The molecule has 162 valence electrons. The Labute approximate surface area is 181 Å². The van der Waals surface area contributed by atoms with E-state index >= 15 is 0 Å². The van der Waals surface area contributed by atoms with Crippen LogP contribution in [0.1, 0.15) is 44.5 Å². The van der Waals surface area contributed by atoms with Gasteiger partial charge in [0.1, 0.15) is 5.82 Å². The lowest BCUT2D eigenvalue weighted by Gasteiger charge is -2.53. The van der Waals surface area contributed by atoms with E-state index in [0.717, 1.165) is 37.1 Å². The highest BCUT2D eigenvalue weighted by atomic mass is 16.7. The molecule has 1 spiro atoms. The van der Waals surface area contributed by atoms with Crippen molar-refractivity contribution in [2.75, 3.05) is 13.2 Å². The second-order valence-electron chi connectivity index (χ2n) is 9.37. The topological polar surface area (TPSA) is 79.9 Å². The van der Waals surface area contributed by atoms with E-state index in [1.54, 1.807) is 7.05 Å². The van der Waals surface area contributed by atoms with Gasteiger partial charge in [0.25, 0.3) is 5.95 Å². The predicted octanol–water partition coefficient (Wildman–Crippen LogP) is 3.06. The molecule has 0 amide bonds. The van der Waals surface area contributed by atoms with Crippen LogP contribution in [0.2, 0.25) is 0 Å². The number of fused-ring (bicyclic) bond motifs is 3. The van der Waals surface area contributed by atoms with Crippen molar-refractivity contribution < 1.29 is 9.47 Å². The molecule has 1 aliphatic heterocycles. The highest BCUT2D eigenvalue weighted by molar-refractivity contribution is 5.60. The van der Waals surface area contributed by atoms with Crippen LogP contribution in [0.4, 0.5) is 0 Å². The van der Waals surface area contributed by atoms with Crippen LogP contribution >= 0.6 is 0 Å². The van der Waals surface area contributed by atoms with E-state index in [1.165, 1.54) is 16.2 Å². The Morgan fingerprint density at radius 1 is 1.10 bits per heavy atom. The molecule has 3 atom stereocenters. The highest BCUT2D eigenvalue weighted by Crippen LogP contribution is 2.57. The first kappa shape index (κ1) is 19.1. The van der Waals surface area contributed by atoms with Crippen LogP contribution in [0, 0.1) is 11.8 Å². The third kappa shape index (κ3) is 2.67. The van der Waals surface area contributed by atoms with E-state index in [0.29, 0.717) is 31.0 Å². The average molecular weight is 421 g/mol. The van der Waals surface area contributed by atoms with Gasteiger partial charge in [-0.3, -0.25) is 4.57 Å². The summed E-state index contributed by atoms with van der Waals surface area (Å²) in [6, 6.07) is 10.3. The molecule has 0 bridgehead atoms. The lowest BCUT2D eigenvalue weighted by atomic mass is 9.55. The Bertz CT molecular complexity index is 1120. The SMILES string of the molecule is C[C@H]1[C@@H]2CCc3c(nc(-c4ccccc4)n3-c3nnn(C)n3)[C@@]2(C)CCC12OCCO2. The molecular weight excluding hydrogens is 392 g/mol. The summed E-state index contributed by atoms with van der Waals surface area (Å²) >= 11 is 0. The van der Waals surface area contributed by atoms with Gasteiger partial charge in [-0.15, -0.1) is 5.10 Å². The third-order valence-corrected chi connectivity index (χ3v) is 7.82. The van der Waals surface area contributed by atoms with Gasteiger partial charge in [0.15, 0.2) is 5.79 Å². The summed E-state index contributed by atoms with van der Waals surface area (Å²) in [5.41, 5.74) is 3.41. The second kappa shape index (κ2) is 6.71. The summed E-state index contributed by atoms with van der Waals surface area (Å²) in [6.45, 7) is 6.08. The minimum Gasteiger partial charge on any atom is -0.347 e. The van der Waals surface area contributed by atoms with Crippen molar-refractivity contribution in [1.82, 2.24) is 29.8 Å². The average Bonchev–Trinajstić information content (AvgIpc) is 3.51. The van der Waals surface area contributed by atoms with E-state index in [-0.39, 0.29) is 5.41 Å². The molecule has 1 saturated carbocycles. The molecule has 2 fully saturated rings. The number of aryl methyl sites for hydroxylation is 1. The first-order valence-electron chi connectivity index (χ1n) is 11.2. The largest absolute Gasteiger partial charge is 0.347 e. The number of aromatic nitrogens is 6. The van der Waals surface area contributed by atoms with Crippen LogP contribution in [0.25, 0.3) is 17.3 Å². The molecule has 8 heteroatoms. The van der Waals surface area contributed by atoms with Crippen LogP contribution in [0.5, 0.6) is 0 Å². The number of tetrazole rings is 1. The Balaban J connectivity index is 1.51. The summed E-state index contributed by atoms with van der Waals surface area (Å²) in [7, 11) is 1.79. The number of nitrogens with zero attached hydrogens (tertiary/aromatic N) is 6. The zero-order valence-corrected chi connectivity index (χ0v) is 18.3. The Morgan fingerprint density at radius 2 is 1.87 bits per heavy atom. The van der Waals surface area contributed by atoms with Crippen molar-refractivity contribution in [2.24, 2.45) is 18.9 Å². The minimum atomic E-state index is -0.418. The number of rotatable bonds is 2. The van der Waals surface area contributed by atoms with E-state index in [4.69, 9.17) is 14.5 Å². The molecule has 2 aliphatic carbocycles. The molecule has 3 heterocycles. The number of hydrogen-bond donors (Lipinski definition) is 0. The third-order valence-electron chi connectivity index (χ3n) is 7.82. The fourth-order valence-corrected chi connectivity index (χ4v) is 6.24. The molecule has 31 heavy (non-hydrogen) atoms. The Hall–Kier alpha value is -2.58. The highest BCUT2D eigenvalue weighted by Gasteiger charge is 2.58. The molecule has 1 saturated heterocycles. The lowest BCUT2D eigenvalue weighted by Crippen LogP contribution is -2.55. The van der Waals surface area contributed by atoms with Crippen molar-refractivity contribution in [3.05, 3.63) is 41.7 Å². The van der Waals surface area contributed by atoms with Crippen LogP contribution in [0.15, 0.2) is 30.3 Å². The summed E-state index contributed by atoms with van der Waals surface area (Å²) in [5, 5.41) is 13.0. The van der Waals surface area contributed by atoms with Gasteiger partial charge in [-0.25, -0.2) is 4.98 Å². The molecule has 0 N–H and O–H groups in total. The van der Waals surface area contributed by atoms with Crippen molar-refractivity contribution in [2.45, 2.75) is 50.7 Å². The zero-order chi connectivity index (χ0) is 21.2. The van der Waals surface area contributed by atoms with E-state index in [9.17, 15) is 0 Å². The van der Waals surface area contributed by atoms with Crippen LogP contribution in [-0.4, -0.2) is 48.8 Å². The van der Waals surface area contributed by atoms with E-state index in [1.807, 2.05) is 18.2 Å². The van der Waals surface area contributed by atoms with E-state index < -0.39 is 5.79 Å². The summed E-state index contributed by atoms with van der Waals surface area (Å²) in [4.78, 5) is 6.78. The normalized spacial score (nSPS) is 29.1. The number of imidazole rings is 1. The fourth-order valence-electron chi connectivity index (χ4n) is 6.24. The molecule has 0 radical (unpaired) electrons. The second-order valence-corrected chi connectivity index (χ2v) is 9.37. The van der Waals surface area contributed by atoms with Crippen molar-refractivity contribution in [3.8, 4) is 17.3 Å². The molecule has 3 aliphatic rings. The lowest BCUT2D eigenvalue weighted by molar-refractivity contribution is -0.234. The summed E-state index contributed by atoms with van der Waals surface area (Å²) in [6.07, 6.45) is 3.89. The van der Waals surface area contributed by atoms with Gasteiger partial charge in [-0.05, 0) is 30.4 Å². The molecule has 1 aromatic carbocycles. The Morgan fingerprint density at radius 3 is 2.58 bits per heavy atom. The number of hydrogen-bond acceptors (Lipinski definition) is 6. The van der Waals surface area contributed by atoms with Crippen LogP contribution in [-0.2, 0) is 28.4 Å². The Kier molecular flexibility index (Phi) is 4.14. The maximum atomic E-state index is 6.17. The summed E-state index contributed by atoms with van der Waals surface area (Å²) in [5.74, 6) is 1.83. The smallest absolute Gasteiger partial charge is 0.276 e. The fraction of sp³-hybridized carbons (Fsp3) is 0.565. The van der Waals surface area contributed by atoms with Gasteiger partial charge in [0, 0.05) is 29.0 Å². The zero-order valence-electron chi connectivity index (χ0n) is 18.3. The predicted molar refractivity (Wildman–Crippen MR) is 114 cm³/mol. The van der Waals surface area contributed by atoms with Crippen molar-refractivity contribution in [3.63, 3.8) is 0 Å². The van der Waals surface area contributed by atoms with Gasteiger partial charge in [0.2, 0.25) is 0 Å². The maximum absolute atomic E-state index is 6.17. The number of ether oxygens (including phenoxy) is 2. The van der Waals surface area contributed by atoms with Gasteiger partial charge >= 0.3 is 0 Å². The van der Waals surface area contributed by atoms with Crippen LogP contribution in [0.3, 0.4) is 0 Å². The van der Waals surface area contributed by atoms with Crippen molar-refractivity contribution >= 4 is 0 Å². The van der Waals surface area contributed by atoms with E-state index in [2.05, 4.69) is 46.0 Å². The maximum Gasteiger partial charge on any atom is 0.276 e. The van der Waals surface area contributed by atoms with Crippen LogP contribution < -0.4 is 0 Å². The summed E-state index contributed by atoms with van der Waals surface area (Å²) < 4.78 is 14.5. The molecule has 0 unspecified atom stereocenters. The standard InChI is InChI=1S/C23H28N6O2/c1-15-17-9-10-18-19(22(17,2)11-12-23(15)30-13-14-31-23)24-20(16-7-5-4-6-8-16)29(18)21-25-27-28(3)26-21/h4-8,15,17H,9-14H2,1-3H3/t15-,17-,22-/m0/s1. The molecule has 2 aromatic heterocycles. The molecular formula is C23H28N6O2. The minimum absolute atomic E-state index is 0.0372. The monoisotopic (exact) mass is 420 g/mol.